The van der Waals surface area contributed by atoms with Gasteiger partial charge in [-0.1, -0.05) is 0 Å². The lowest BCUT2D eigenvalue weighted by Gasteiger charge is -2.33. The number of likely N-dealkylation sites (tertiary alicyclic amines) is 1. The van der Waals surface area contributed by atoms with Crippen LogP contribution in [0, 0.1) is 6.92 Å². The minimum absolute atomic E-state index is 0.0185. The fourth-order valence-electron chi connectivity index (χ4n) is 3.61. The van der Waals surface area contributed by atoms with Crippen molar-refractivity contribution in [2.24, 2.45) is 0 Å². The predicted octanol–water partition coefficient (Wildman–Crippen LogP) is 3.28. The van der Waals surface area contributed by atoms with Gasteiger partial charge in [-0.15, -0.1) is 0 Å². The van der Waals surface area contributed by atoms with E-state index in [1.54, 1.807) is 24.2 Å². The molecule has 0 radical (unpaired) electrons. The second-order valence-electron chi connectivity index (χ2n) is 8.76. The standard InChI is InChI=1S/C22H31N5O4/c1-6-23-20(29)18-19(28)14(2)17(12-24-18)15-11-25-27(13-15)16-7-9-26(10-8-16)21(30)31-22(3,4)5/h11-13,16,28H,6-10H2,1-5H3,(H,23,29). The molecule has 0 unspecified atom stereocenters. The maximum Gasteiger partial charge on any atom is 0.410 e. The average Bonchev–Trinajstić information content (AvgIpc) is 3.19. The Hall–Kier alpha value is -3.10. The van der Waals surface area contributed by atoms with Crippen LogP contribution in [-0.4, -0.2) is 62.0 Å². The Balaban J connectivity index is 1.70. The van der Waals surface area contributed by atoms with E-state index >= 15 is 0 Å². The summed E-state index contributed by atoms with van der Waals surface area (Å²) in [7, 11) is 0. The lowest BCUT2D eigenvalue weighted by molar-refractivity contribution is 0.0184. The second kappa shape index (κ2) is 8.95. The van der Waals surface area contributed by atoms with Gasteiger partial charge in [0.15, 0.2) is 5.69 Å². The summed E-state index contributed by atoms with van der Waals surface area (Å²) < 4.78 is 7.35. The van der Waals surface area contributed by atoms with E-state index in [0.717, 1.165) is 24.0 Å². The summed E-state index contributed by atoms with van der Waals surface area (Å²) in [5, 5.41) is 17.6. The third-order valence-corrected chi connectivity index (χ3v) is 5.26. The monoisotopic (exact) mass is 429 g/mol. The first kappa shape index (κ1) is 22.6. The normalized spacial score (nSPS) is 15.1. The zero-order valence-corrected chi connectivity index (χ0v) is 18.8. The second-order valence-corrected chi connectivity index (χ2v) is 8.76. The number of pyridine rings is 1. The first-order valence-electron chi connectivity index (χ1n) is 10.6. The van der Waals surface area contributed by atoms with Crippen molar-refractivity contribution in [2.45, 2.75) is 59.1 Å². The van der Waals surface area contributed by atoms with Crippen molar-refractivity contribution in [1.82, 2.24) is 25.0 Å². The molecule has 1 aliphatic heterocycles. The van der Waals surface area contributed by atoms with E-state index in [2.05, 4.69) is 15.4 Å². The van der Waals surface area contributed by atoms with E-state index in [-0.39, 0.29) is 23.6 Å². The van der Waals surface area contributed by atoms with E-state index in [4.69, 9.17) is 4.74 Å². The van der Waals surface area contributed by atoms with Gasteiger partial charge in [-0.3, -0.25) is 9.48 Å². The van der Waals surface area contributed by atoms with Crippen LogP contribution in [0.15, 0.2) is 18.6 Å². The summed E-state index contributed by atoms with van der Waals surface area (Å²) in [6.45, 7) is 10.8. The zero-order chi connectivity index (χ0) is 22.8. The number of aromatic nitrogens is 3. The molecule has 1 fully saturated rings. The van der Waals surface area contributed by atoms with Crippen LogP contribution < -0.4 is 5.32 Å². The first-order chi connectivity index (χ1) is 14.6. The number of hydrogen-bond acceptors (Lipinski definition) is 6. The molecular weight excluding hydrogens is 398 g/mol. The highest BCUT2D eigenvalue weighted by Crippen LogP contribution is 2.32. The van der Waals surface area contributed by atoms with Crippen LogP contribution in [0.4, 0.5) is 4.79 Å². The van der Waals surface area contributed by atoms with Gasteiger partial charge < -0.3 is 20.1 Å². The molecule has 0 saturated carbocycles. The minimum atomic E-state index is -0.505. The quantitative estimate of drug-likeness (QED) is 0.772. The van der Waals surface area contributed by atoms with Gasteiger partial charge in [0.1, 0.15) is 11.4 Å². The molecule has 9 heteroatoms. The molecule has 31 heavy (non-hydrogen) atoms. The fourth-order valence-corrected chi connectivity index (χ4v) is 3.61. The van der Waals surface area contributed by atoms with Crippen LogP contribution >= 0.6 is 0 Å². The largest absolute Gasteiger partial charge is 0.505 e. The van der Waals surface area contributed by atoms with E-state index in [1.807, 2.05) is 38.6 Å². The molecule has 0 aromatic carbocycles. The number of ether oxygens (including phenoxy) is 1. The fraction of sp³-hybridized carbons (Fsp3) is 0.545. The highest BCUT2D eigenvalue weighted by molar-refractivity contribution is 5.96. The molecule has 1 aliphatic rings. The number of amides is 2. The molecule has 9 nitrogen and oxygen atoms in total. The summed E-state index contributed by atoms with van der Waals surface area (Å²) in [6.07, 6.45) is 6.51. The van der Waals surface area contributed by atoms with Crippen LogP contribution in [-0.2, 0) is 4.74 Å². The topological polar surface area (TPSA) is 110 Å². The van der Waals surface area contributed by atoms with Crippen molar-refractivity contribution in [3.63, 3.8) is 0 Å². The van der Waals surface area contributed by atoms with E-state index in [0.29, 0.717) is 25.2 Å². The summed E-state index contributed by atoms with van der Waals surface area (Å²) >= 11 is 0. The minimum Gasteiger partial charge on any atom is -0.505 e. The van der Waals surface area contributed by atoms with Gasteiger partial charge in [0.2, 0.25) is 0 Å². The molecule has 3 rings (SSSR count). The summed E-state index contributed by atoms with van der Waals surface area (Å²) in [5.74, 6) is -0.524. The number of piperidine rings is 1. The summed E-state index contributed by atoms with van der Waals surface area (Å²) in [6, 6.07) is 0.170. The lowest BCUT2D eigenvalue weighted by Crippen LogP contribution is -2.42. The van der Waals surface area contributed by atoms with Crippen LogP contribution in [0.3, 0.4) is 0 Å². The Morgan fingerprint density at radius 1 is 1.26 bits per heavy atom. The number of aromatic hydroxyl groups is 1. The SMILES string of the molecule is CCNC(=O)c1ncc(-c2cnn(C3CCN(C(=O)OC(C)(C)C)CC3)c2)c(C)c1O. The Morgan fingerprint density at radius 3 is 2.55 bits per heavy atom. The van der Waals surface area contributed by atoms with Crippen molar-refractivity contribution in [3.8, 4) is 16.9 Å². The highest BCUT2D eigenvalue weighted by Gasteiger charge is 2.28. The maximum atomic E-state index is 12.3. The number of nitrogens with one attached hydrogen (secondary N) is 1. The van der Waals surface area contributed by atoms with Gasteiger partial charge in [-0.2, -0.15) is 5.10 Å². The van der Waals surface area contributed by atoms with Gasteiger partial charge in [-0.25, -0.2) is 9.78 Å². The predicted molar refractivity (Wildman–Crippen MR) is 116 cm³/mol. The third kappa shape index (κ3) is 5.15. The molecule has 2 aromatic heterocycles. The Labute approximate surface area is 182 Å². The van der Waals surface area contributed by atoms with Crippen molar-refractivity contribution in [1.29, 1.82) is 0 Å². The molecule has 0 bridgehead atoms. The van der Waals surface area contributed by atoms with Gasteiger partial charge in [0.25, 0.3) is 5.91 Å². The number of carbonyl (C=O) groups is 2. The summed E-state index contributed by atoms with van der Waals surface area (Å²) in [5.41, 5.74) is 1.63. The smallest absolute Gasteiger partial charge is 0.410 e. The first-order valence-corrected chi connectivity index (χ1v) is 10.6. The molecular formula is C22H31N5O4. The Bertz CT molecular complexity index is 955. The molecule has 0 aliphatic carbocycles. The molecule has 2 amide bonds. The molecule has 2 N–H and O–H groups in total. The maximum absolute atomic E-state index is 12.3. The van der Waals surface area contributed by atoms with Crippen LogP contribution in [0.1, 0.15) is 62.6 Å². The van der Waals surface area contributed by atoms with Crippen LogP contribution in [0.2, 0.25) is 0 Å². The van der Waals surface area contributed by atoms with Gasteiger partial charge in [-0.05, 0) is 47.5 Å². The van der Waals surface area contributed by atoms with Gasteiger partial charge >= 0.3 is 6.09 Å². The van der Waals surface area contributed by atoms with Crippen molar-refractivity contribution < 1.29 is 19.4 Å². The zero-order valence-electron chi connectivity index (χ0n) is 18.8. The third-order valence-electron chi connectivity index (χ3n) is 5.26. The molecule has 2 aromatic rings. The van der Waals surface area contributed by atoms with Gasteiger partial charge in [0, 0.05) is 48.7 Å². The highest BCUT2D eigenvalue weighted by atomic mass is 16.6. The number of rotatable bonds is 4. The van der Waals surface area contributed by atoms with Crippen molar-refractivity contribution in [2.75, 3.05) is 19.6 Å². The van der Waals surface area contributed by atoms with E-state index in [9.17, 15) is 14.7 Å². The Morgan fingerprint density at radius 2 is 1.94 bits per heavy atom. The Kier molecular flexibility index (Phi) is 6.52. The van der Waals surface area contributed by atoms with Crippen LogP contribution in [0.25, 0.3) is 11.1 Å². The number of carbonyl (C=O) groups excluding carboxylic acids is 2. The summed E-state index contributed by atoms with van der Waals surface area (Å²) in [4.78, 5) is 30.2. The van der Waals surface area contributed by atoms with Crippen molar-refractivity contribution >= 4 is 12.0 Å². The van der Waals surface area contributed by atoms with E-state index < -0.39 is 11.5 Å². The number of hydrogen-bond donors (Lipinski definition) is 2. The van der Waals surface area contributed by atoms with Gasteiger partial charge in [0.05, 0.1) is 12.2 Å². The molecule has 0 atom stereocenters. The lowest BCUT2D eigenvalue weighted by atomic mass is 10.0. The molecule has 0 spiro atoms. The average molecular weight is 430 g/mol. The van der Waals surface area contributed by atoms with E-state index in [1.165, 1.54) is 0 Å². The molecule has 168 valence electrons. The molecule has 1 saturated heterocycles. The van der Waals surface area contributed by atoms with Crippen LogP contribution in [0.5, 0.6) is 5.75 Å². The molecule has 3 heterocycles. The number of nitrogens with zero attached hydrogens (tertiary/aromatic N) is 4. The van der Waals surface area contributed by atoms with Crippen molar-refractivity contribution in [3.05, 3.63) is 29.8 Å².